The van der Waals surface area contributed by atoms with Crippen LogP contribution in [0.5, 0.6) is 5.75 Å². The maximum Gasteiger partial charge on any atom is 0.416 e. The van der Waals surface area contributed by atoms with Gasteiger partial charge in [-0.1, -0.05) is 26.8 Å². The molecular formula is C21H29F3N4O2. The normalized spacial score (nSPS) is 12.9. The lowest BCUT2D eigenvalue weighted by Crippen LogP contribution is -2.36. The van der Waals surface area contributed by atoms with Crippen molar-refractivity contribution < 1.29 is 22.3 Å². The van der Waals surface area contributed by atoms with Gasteiger partial charge in [0.2, 0.25) is 5.89 Å². The fourth-order valence-corrected chi connectivity index (χ4v) is 2.62. The second-order valence-corrected chi connectivity index (χ2v) is 8.13. The Balaban J connectivity index is 2.04. The highest BCUT2D eigenvalue weighted by molar-refractivity contribution is 5.79. The van der Waals surface area contributed by atoms with Gasteiger partial charge in [0.05, 0.1) is 24.4 Å². The summed E-state index contributed by atoms with van der Waals surface area (Å²) in [7, 11) is 1.54. The van der Waals surface area contributed by atoms with Crippen molar-refractivity contribution in [2.75, 3.05) is 7.05 Å². The lowest BCUT2D eigenvalue weighted by Gasteiger charge is -2.18. The number of nitrogens with one attached hydrogen (secondary N) is 2. The smallest absolute Gasteiger partial charge is 0.416 e. The van der Waals surface area contributed by atoms with E-state index in [1.165, 1.54) is 19.2 Å². The molecular weight excluding hydrogens is 397 g/mol. The molecule has 1 heterocycles. The van der Waals surface area contributed by atoms with E-state index in [9.17, 15) is 13.2 Å². The Morgan fingerprint density at radius 2 is 1.83 bits per heavy atom. The van der Waals surface area contributed by atoms with Crippen LogP contribution in [0.15, 0.2) is 33.8 Å². The van der Waals surface area contributed by atoms with Crippen molar-refractivity contribution in [1.29, 1.82) is 0 Å². The van der Waals surface area contributed by atoms with Gasteiger partial charge in [0, 0.05) is 19.0 Å². The standard InChI is InChI=1S/C21H29F3N4O2/c1-13(2)29-15-8-7-14(16(9-15)21(22,23)24)10-27-19(25-6)28-12-18-26-11-17(30-18)20(3,4)5/h7-9,11,13H,10,12H2,1-6H3,(H2,25,27,28). The summed E-state index contributed by atoms with van der Waals surface area (Å²) < 4.78 is 51.6. The maximum absolute atomic E-state index is 13.5. The first-order valence-electron chi connectivity index (χ1n) is 9.66. The molecule has 0 radical (unpaired) electrons. The minimum Gasteiger partial charge on any atom is -0.491 e. The Morgan fingerprint density at radius 1 is 1.17 bits per heavy atom. The summed E-state index contributed by atoms with van der Waals surface area (Å²) in [5, 5.41) is 5.89. The Morgan fingerprint density at radius 3 is 2.37 bits per heavy atom. The molecule has 0 bridgehead atoms. The summed E-state index contributed by atoms with van der Waals surface area (Å²) in [6.07, 6.45) is -3.04. The number of benzene rings is 1. The molecule has 9 heteroatoms. The largest absolute Gasteiger partial charge is 0.491 e. The zero-order valence-electron chi connectivity index (χ0n) is 18.1. The molecule has 2 rings (SSSR count). The minimum absolute atomic E-state index is 0.0602. The van der Waals surface area contributed by atoms with Crippen LogP contribution in [0.4, 0.5) is 13.2 Å². The quantitative estimate of drug-likeness (QED) is 0.520. The van der Waals surface area contributed by atoms with Gasteiger partial charge in [0.15, 0.2) is 5.96 Å². The number of ether oxygens (including phenoxy) is 1. The number of guanidine groups is 1. The van der Waals surface area contributed by atoms with Crippen LogP contribution in [-0.4, -0.2) is 24.1 Å². The van der Waals surface area contributed by atoms with Crippen LogP contribution in [0.3, 0.4) is 0 Å². The molecule has 0 unspecified atom stereocenters. The number of nitrogens with zero attached hydrogens (tertiary/aromatic N) is 2. The van der Waals surface area contributed by atoms with E-state index < -0.39 is 11.7 Å². The van der Waals surface area contributed by atoms with Crippen molar-refractivity contribution in [2.24, 2.45) is 4.99 Å². The Kier molecular flexibility index (Phi) is 7.39. The first-order valence-corrected chi connectivity index (χ1v) is 9.66. The van der Waals surface area contributed by atoms with Gasteiger partial charge >= 0.3 is 6.18 Å². The topological polar surface area (TPSA) is 71.7 Å². The highest BCUT2D eigenvalue weighted by Crippen LogP contribution is 2.34. The molecule has 30 heavy (non-hydrogen) atoms. The van der Waals surface area contributed by atoms with Crippen LogP contribution in [0.1, 0.15) is 57.4 Å². The SMILES string of the molecule is CN=C(NCc1ncc(C(C)(C)C)o1)NCc1ccc(OC(C)C)cc1C(F)(F)F. The van der Waals surface area contributed by atoms with Crippen LogP contribution >= 0.6 is 0 Å². The highest BCUT2D eigenvalue weighted by atomic mass is 19.4. The molecule has 0 aliphatic heterocycles. The van der Waals surface area contributed by atoms with Gasteiger partial charge < -0.3 is 19.8 Å². The molecule has 6 nitrogen and oxygen atoms in total. The fourth-order valence-electron chi connectivity index (χ4n) is 2.62. The van der Waals surface area contributed by atoms with Crippen LogP contribution < -0.4 is 15.4 Å². The van der Waals surface area contributed by atoms with E-state index in [1.807, 2.05) is 20.8 Å². The highest BCUT2D eigenvalue weighted by Gasteiger charge is 2.34. The van der Waals surface area contributed by atoms with Crippen LogP contribution in [0.2, 0.25) is 0 Å². The minimum atomic E-state index is -4.49. The van der Waals surface area contributed by atoms with Gasteiger partial charge in [-0.3, -0.25) is 4.99 Å². The second kappa shape index (κ2) is 9.40. The molecule has 1 aromatic carbocycles. The molecule has 2 N–H and O–H groups in total. The first kappa shape index (κ1) is 23.6. The number of halogens is 3. The Bertz CT molecular complexity index is 868. The third-order valence-electron chi connectivity index (χ3n) is 4.13. The fraction of sp³-hybridized carbons (Fsp3) is 0.524. The van der Waals surface area contributed by atoms with Crippen LogP contribution in [0.25, 0.3) is 0 Å². The Labute approximate surface area is 174 Å². The van der Waals surface area contributed by atoms with E-state index in [1.54, 1.807) is 20.0 Å². The van der Waals surface area contributed by atoms with E-state index in [0.717, 1.165) is 11.8 Å². The lowest BCUT2D eigenvalue weighted by atomic mass is 9.94. The van der Waals surface area contributed by atoms with Gasteiger partial charge in [-0.15, -0.1) is 0 Å². The number of alkyl halides is 3. The summed E-state index contributed by atoms with van der Waals surface area (Å²) in [6, 6.07) is 3.96. The van der Waals surface area contributed by atoms with Crippen molar-refractivity contribution in [3.63, 3.8) is 0 Å². The van der Waals surface area contributed by atoms with Crippen molar-refractivity contribution in [1.82, 2.24) is 15.6 Å². The molecule has 0 aliphatic rings. The average Bonchev–Trinajstić information content (AvgIpc) is 3.11. The number of hydrogen-bond donors (Lipinski definition) is 2. The lowest BCUT2D eigenvalue weighted by molar-refractivity contribution is -0.138. The predicted octanol–water partition coefficient (Wildman–Crippen LogP) is 4.64. The van der Waals surface area contributed by atoms with E-state index in [0.29, 0.717) is 11.9 Å². The molecule has 0 aliphatic carbocycles. The van der Waals surface area contributed by atoms with Crippen molar-refractivity contribution in [2.45, 2.75) is 65.4 Å². The third kappa shape index (κ3) is 6.67. The molecule has 0 saturated heterocycles. The number of oxazole rings is 1. The number of aliphatic imine (C=N–C) groups is 1. The van der Waals surface area contributed by atoms with E-state index in [-0.39, 0.29) is 35.9 Å². The van der Waals surface area contributed by atoms with Crippen molar-refractivity contribution >= 4 is 5.96 Å². The second-order valence-electron chi connectivity index (χ2n) is 8.13. The summed E-state index contributed by atoms with van der Waals surface area (Å²) >= 11 is 0. The molecule has 0 spiro atoms. The summed E-state index contributed by atoms with van der Waals surface area (Å²) in [5.41, 5.74) is -0.816. The maximum atomic E-state index is 13.5. The number of aromatic nitrogens is 1. The zero-order valence-corrected chi connectivity index (χ0v) is 18.1. The monoisotopic (exact) mass is 426 g/mol. The zero-order chi connectivity index (χ0) is 22.5. The van der Waals surface area contributed by atoms with E-state index in [2.05, 4.69) is 20.6 Å². The summed E-state index contributed by atoms with van der Waals surface area (Å²) in [5.74, 6) is 1.73. The van der Waals surface area contributed by atoms with Crippen molar-refractivity contribution in [3.05, 3.63) is 47.2 Å². The molecule has 0 fully saturated rings. The molecule has 0 saturated carbocycles. The molecule has 2 aromatic rings. The Hall–Kier alpha value is -2.71. The molecule has 166 valence electrons. The van der Waals surface area contributed by atoms with Crippen molar-refractivity contribution in [3.8, 4) is 5.75 Å². The molecule has 0 amide bonds. The third-order valence-corrected chi connectivity index (χ3v) is 4.13. The number of hydrogen-bond acceptors (Lipinski definition) is 4. The van der Waals surface area contributed by atoms with Gasteiger partial charge in [-0.2, -0.15) is 13.2 Å². The van der Waals surface area contributed by atoms with E-state index in [4.69, 9.17) is 9.15 Å². The summed E-state index contributed by atoms with van der Waals surface area (Å²) in [6.45, 7) is 9.76. The molecule has 1 aromatic heterocycles. The molecule has 0 atom stereocenters. The number of rotatable bonds is 6. The average molecular weight is 426 g/mol. The van der Waals surface area contributed by atoms with Crippen LogP contribution in [0, 0.1) is 0 Å². The van der Waals surface area contributed by atoms with Gasteiger partial charge in [-0.25, -0.2) is 4.98 Å². The first-order chi connectivity index (χ1) is 13.9. The van der Waals surface area contributed by atoms with Gasteiger partial charge in [0.1, 0.15) is 11.5 Å². The van der Waals surface area contributed by atoms with Gasteiger partial charge in [-0.05, 0) is 31.5 Å². The van der Waals surface area contributed by atoms with Crippen LogP contribution in [-0.2, 0) is 24.7 Å². The van der Waals surface area contributed by atoms with Gasteiger partial charge in [0.25, 0.3) is 0 Å². The van der Waals surface area contributed by atoms with E-state index >= 15 is 0 Å². The predicted molar refractivity (Wildman–Crippen MR) is 109 cm³/mol. The summed E-state index contributed by atoms with van der Waals surface area (Å²) in [4.78, 5) is 8.25.